The quantitative estimate of drug-likeness (QED) is 0.468. The van der Waals surface area contributed by atoms with E-state index in [2.05, 4.69) is 0 Å². The first-order valence-electron chi connectivity index (χ1n) is 11.0. The monoisotopic (exact) mass is 476 g/mol. The summed E-state index contributed by atoms with van der Waals surface area (Å²) in [6.45, 7) is 5.15. The summed E-state index contributed by atoms with van der Waals surface area (Å²) in [6, 6.07) is 3.30. The van der Waals surface area contributed by atoms with Crippen LogP contribution in [0.25, 0.3) is 6.08 Å². The topological polar surface area (TPSA) is 98.8 Å². The molecule has 0 bridgehead atoms. The van der Waals surface area contributed by atoms with Crippen molar-refractivity contribution in [2.24, 2.45) is 0 Å². The minimum Gasteiger partial charge on any atom is -0.497 e. The number of carbonyl (C=O) groups excluding carboxylic acids is 2. The molecule has 0 aromatic heterocycles. The molecule has 2 heterocycles. The highest BCUT2D eigenvalue weighted by Gasteiger charge is 2.43. The normalized spacial score (nSPS) is 28.8. The van der Waals surface area contributed by atoms with Crippen LogP contribution in [0.5, 0.6) is 11.5 Å². The maximum Gasteiger partial charge on any atom is 0.342 e. The Morgan fingerprint density at radius 3 is 2.53 bits per heavy atom. The Kier molecular flexibility index (Phi) is 8.48. The maximum absolute atomic E-state index is 13.3. The third-order valence-electron chi connectivity index (χ3n) is 5.49. The summed E-state index contributed by atoms with van der Waals surface area (Å²) in [5.41, 5.74) is 0.735. The Bertz CT molecular complexity index is 950. The molecule has 2 aliphatic rings. The summed E-state index contributed by atoms with van der Waals surface area (Å²) in [5.74, 6) is -1.03. The van der Waals surface area contributed by atoms with Crippen molar-refractivity contribution in [3.8, 4) is 11.5 Å². The summed E-state index contributed by atoms with van der Waals surface area (Å²) in [5, 5.41) is 0. The van der Waals surface area contributed by atoms with Crippen LogP contribution in [0, 0.1) is 0 Å². The molecule has 34 heavy (non-hydrogen) atoms. The molecule has 9 heteroatoms. The molecule has 0 saturated carbocycles. The Balaban J connectivity index is 2.09. The van der Waals surface area contributed by atoms with Crippen LogP contribution in [0.1, 0.15) is 43.1 Å². The molecule has 1 aromatic carbocycles. The number of hydrogen-bond acceptors (Lipinski definition) is 9. The largest absolute Gasteiger partial charge is 0.497 e. The Morgan fingerprint density at radius 1 is 1.09 bits per heavy atom. The van der Waals surface area contributed by atoms with Crippen molar-refractivity contribution in [2.45, 2.75) is 57.4 Å². The molecule has 9 nitrogen and oxygen atoms in total. The van der Waals surface area contributed by atoms with E-state index in [4.69, 9.17) is 33.2 Å². The van der Waals surface area contributed by atoms with Gasteiger partial charge in [-0.25, -0.2) is 4.79 Å². The molecule has 4 atom stereocenters. The Hall–Kier alpha value is -2.72. The fourth-order valence-corrected chi connectivity index (χ4v) is 3.90. The highest BCUT2D eigenvalue weighted by atomic mass is 16.8. The van der Waals surface area contributed by atoms with Gasteiger partial charge in [0.1, 0.15) is 35.4 Å². The van der Waals surface area contributed by atoms with Crippen molar-refractivity contribution >= 4 is 17.8 Å². The van der Waals surface area contributed by atoms with Gasteiger partial charge in [-0.05, 0) is 51.0 Å². The highest BCUT2D eigenvalue weighted by molar-refractivity contribution is 5.97. The summed E-state index contributed by atoms with van der Waals surface area (Å²) >= 11 is 0. The van der Waals surface area contributed by atoms with E-state index in [9.17, 15) is 9.59 Å². The molecular weight excluding hydrogens is 444 g/mol. The first kappa shape index (κ1) is 25.9. The standard InChI is InChI=1S/C25H32O9/c1-15-19(30-6)11-10-18(26)23-20(33-25(2,3)34-23)9-7-8-16-12-17(29-5)13-21(31-14-28-4)22(16)24(27)32-15/h7-8,10-13,15,19-20,23H,9,14H2,1-6H3/b8-7+,11-10-/t15-,19+,20-,23+/m0/s1. The van der Waals surface area contributed by atoms with Gasteiger partial charge in [-0.2, -0.15) is 0 Å². The molecule has 0 N–H and O–H groups in total. The van der Waals surface area contributed by atoms with Crippen LogP contribution < -0.4 is 9.47 Å². The van der Waals surface area contributed by atoms with Gasteiger partial charge in [-0.3, -0.25) is 4.79 Å². The van der Waals surface area contributed by atoms with Crippen LogP contribution in [0.15, 0.2) is 30.4 Å². The number of hydrogen-bond donors (Lipinski definition) is 0. The first-order valence-corrected chi connectivity index (χ1v) is 11.0. The number of ether oxygens (including phenoxy) is 7. The highest BCUT2D eigenvalue weighted by Crippen LogP contribution is 2.34. The predicted octanol–water partition coefficient (Wildman–Crippen LogP) is 3.30. The molecule has 1 saturated heterocycles. The Labute approximate surface area is 199 Å². The maximum atomic E-state index is 13.3. The number of methoxy groups -OCH3 is 3. The van der Waals surface area contributed by atoms with Crippen molar-refractivity contribution in [3.05, 3.63) is 41.5 Å². The third kappa shape index (κ3) is 6.04. The van der Waals surface area contributed by atoms with Gasteiger partial charge in [-0.1, -0.05) is 12.2 Å². The van der Waals surface area contributed by atoms with Crippen molar-refractivity contribution in [1.82, 2.24) is 0 Å². The second-order valence-electron chi connectivity index (χ2n) is 8.45. The minimum absolute atomic E-state index is 0.0677. The van der Waals surface area contributed by atoms with E-state index >= 15 is 0 Å². The average molecular weight is 477 g/mol. The molecule has 0 aliphatic carbocycles. The molecule has 0 radical (unpaired) electrons. The first-order chi connectivity index (χ1) is 16.2. The zero-order valence-electron chi connectivity index (χ0n) is 20.4. The van der Waals surface area contributed by atoms with Crippen LogP contribution in [0.4, 0.5) is 0 Å². The lowest BCUT2D eigenvalue weighted by molar-refractivity contribution is -0.152. The van der Waals surface area contributed by atoms with Crippen molar-refractivity contribution in [2.75, 3.05) is 28.1 Å². The summed E-state index contributed by atoms with van der Waals surface area (Å²) in [7, 11) is 4.48. The van der Waals surface area contributed by atoms with E-state index in [0.717, 1.165) is 0 Å². The van der Waals surface area contributed by atoms with Crippen LogP contribution in [-0.4, -0.2) is 70.1 Å². The molecule has 186 valence electrons. The molecule has 1 fully saturated rings. The number of fused-ring (bicyclic) bond motifs is 2. The lowest BCUT2D eigenvalue weighted by atomic mass is 10.0. The molecule has 2 aliphatic heterocycles. The third-order valence-corrected chi connectivity index (χ3v) is 5.49. The van der Waals surface area contributed by atoms with Crippen LogP contribution in [-0.2, 0) is 28.5 Å². The number of cyclic esters (lactones) is 1. The van der Waals surface area contributed by atoms with Gasteiger partial charge in [-0.15, -0.1) is 0 Å². The van der Waals surface area contributed by atoms with Crippen LogP contribution >= 0.6 is 0 Å². The summed E-state index contributed by atoms with van der Waals surface area (Å²) in [4.78, 5) is 26.1. The lowest BCUT2D eigenvalue weighted by Gasteiger charge is -2.22. The van der Waals surface area contributed by atoms with Gasteiger partial charge in [0.05, 0.1) is 13.2 Å². The summed E-state index contributed by atoms with van der Waals surface area (Å²) in [6.07, 6.45) is 4.24. The fraction of sp³-hybridized carbons (Fsp3) is 0.520. The minimum atomic E-state index is -0.907. The molecule has 3 rings (SSSR count). The number of ketones is 1. The smallest absolute Gasteiger partial charge is 0.342 e. The number of rotatable bonds is 5. The molecule has 0 spiro atoms. The molecule has 0 unspecified atom stereocenters. The van der Waals surface area contributed by atoms with Gasteiger partial charge in [0.2, 0.25) is 0 Å². The van der Waals surface area contributed by atoms with Gasteiger partial charge >= 0.3 is 5.97 Å². The second kappa shape index (κ2) is 11.1. The van der Waals surface area contributed by atoms with Gasteiger partial charge < -0.3 is 33.2 Å². The molecular formula is C25H32O9. The van der Waals surface area contributed by atoms with E-state index < -0.39 is 36.2 Å². The predicted molar refractivity (Wildman–Crippen MR) is 123 cm³/mol. The lowest BCUT2D eigenvalue weighted by Crippen LogP contribution is -2.32. The van der Waals surface area contributed by atoms with E-state index in [-0.39, 0.29) is 23.9 Å². The van der Waals surface area contributed by atoms with Crippen molar-refractivity contribution in [3.63, 3.8) is 0 Å². The van der Waals surface area contributed by atoms with Crippen LogP contribution in [0.2, 0.25) is 0 Å². The zero-order valence-corrected chi connectivity index (χ0v) is 20.4. The average Bonchev–Trinajstić information content (AvgIpc) is 3.11. The van der Waals surface area contributed by atoms with E-state index in [1.807, 2.05) is 6.08 Å². The van der Waals surface area contributed by atoms with Crippen molar-refractivity contribution in [1.29, 1.82) is 0 Å². The zero-order chi connectivity index (χ0) is 24.9. The van der Waals surface area contributed by atoms with Crippen LogP contribution in [0.3, 0.4) is 0 Å². The molecule has 1 aromatic rings. The van der Waals surface area contributed by atoms with E-state index in [0.29, 0.717) is 17.7 Å². The van der Waals surface area contributed by atoms with E-state index in [1.54, 1.807) is 45.1 Å². The summed E-state index contributed by atoms with van der Waals surface area (Å²) < 4.78 is 39.1. The number of carbonyl (C=O) groups is 2. The second-order valence-corrected chi connectivity index (χ2v) is 8.45. The fourth-order valence-electron chi connectivity index (χ4n) is 3.90. The van der Waals surface area contributed by atoms with E-state index in [1.165, 1.54) is 27.4 Å². The number of benzene rings is 1. The van der Waals surface area contributed by atoms with Gasteiger partial charge in [0, 0.05) is 20.3 Å². The van der Waals surface area contributed by atoms with Gasteiger partial charge in [0.15, 0.2) is 18.4 Å². The number of esters is 1. The molecule has 0 amide bonds. The van der Waals surface area contributed by atoms with Gasteiger partial charge in [0.25, 0.3) is 0 Å². The van der Waals surface area contributed by atoms with Crippen molar-refractivity contribution < 1.29 is 42.7 Å². The Morgan fingerprint density at radius 2 is 1.85 bits per heavy atom. The SMILES string of the molecule is COCOc1cc(OC)cc2c1C(=O)O[C@@H](C)[C@H](OC)/C=C\C(=O)[C@H]1OC(C)(C)O[C@H]1C/C=C/2.